The molecule has 0 radical (unpaired) electrons. The smallest absolute Gasteiger partial charge is 0.336 e. The molecular formula is C20H17O2P. The monoisotopic (exact) mass is 320 g/mol. The predicted octanol–water partition coefficient (Wildman–Crippen LogP) is 3.45. The first-order valence-corrected chi connectivity index (χ1v) is 8.75. The summed E-state index contributed by atoms with van der Waals surface area (Å²) < 4.78 is 0. The van der Waals surface area contributed by atoms with Crippen molar-refractivity contribution < 1.29 is 9.90 Å². The van der Waals surface area contributed by atoms with Crippen LogP contribution >= 0.6 is 7.92 Å². The molecule has 0 atom stereocenters. The van der Waals surface area contributed by atoms with Crippen molar-refractivity contribution in [1.29, 1.82) is 0 Å². The Morgan fingerprint density at radius 2 is 1.35 bits per heavy atom. The lowest BCUT2D eigenvalue weighted by molar-refractivity contribution is 0.0698. The van der Waals surface area contributed by atoms with E-state index >= 15 is 0 Å². The molecule has 0 fully saturated rings. The van der Waals surface area contributed by atoms with Gasteiger partial charge in [0.2, 0.25) is 0 Å². The van der Waals surface area contributed by atoms with Crippen molar-refractivity contribution in [1.82, 2.24) is 0 Å². The zero-order valence-corrected chi connectivity index (χ0v) is 13.7. The maximum Gasteiger partial charge on any atom is 0.336 e. The van der Waals surface area contributed by atoms with Crippen LogP contribution in [-0.4, -0.2) is 11.1 Å². The zero-order valence-electron chi connectivity index (χ0n) is 12.8. The van der Waals surface area contributed by atoms with Gasteiger partial charge in [-0.1, -0.05) is 78.4 Å². The van der Waals surface area contributed by atoms with Gasteiger partial charge in [0.05, 0.1) is 5.56 Å². The number of carbonyl (C=O) groups is 1. The molecule has 3 aromatic rings. The van der Waals surface area contributed by atoms with Crippen LogP contribution in [0.2, 0.25) is 0 Å². The molecule has 0 unspecified atom stereocenters. The topological polar surface area (TPSA) is 37.3 Å². The fraction of sp³-hybridized carbons (Fsp3) is 0.0500. The Hall–Kier alpha value is -2.44. The summed E-state index contributed by atoms with van der Waals surface area (Å²) in [6.07, 6.45) is 0. The summed E-state index contributed by atoms with van der Waals surface area (Å²) in [5.74, 6) is -0.876. The van der Waals surface area contributed by atoms with Crippen molar-refractivity contribution in [3.05, 3.63) is 90.0 Å². The molecule has 0 aliphatic rings. The lowest BCUT2D eigenvalue weighted by Crippen LogP contribution is -2.25. The number of aromatic carboxylic acids is 1. The predicted molar refractivity (Wildman–Crippen MR) is 96.8 cm³/mol. The Kier molecular flexibility index (Phi) is 4.55. The molecule has 0 aliphatic heterocycles. The van der Waals surface area contributed by atoms with Crippen molar-refractivity contribution in [3.8, 4) is 0 Å². The SMILES string of the molecule is Cc1ccc(C(=O)O)c(P(c2ccccc2)c2ccccc2)c1. The lowest BCUT2D eigenvalue weighted by atomic mass is 10.1. The molecule has 23 heavy (non-hydrogen) atoms. The summed E-state index contributed by atoms with van der Waals surface area (Å²) in [5, 5.41) is 12.8. The van der Waals surface area contributed by atoms with Crippen molar-refractivity contribution in [2.45, 2.75) is 6.92 Å². The van der Waals surface area contributed by atoms with E-state index in [1.165, 1.54) is 0 Å². The largest absolute Gasteiger partial charge is 0.478 e. The first kappa shape index (κ1) is 15.5. The third kappa shape index (κ3) is 3.33. The van der Waals surface area contributed by atoms with Crippen molar-refractivity contribution in [2.24, 2.45) is 0 Å². The minimum atomic E-state index is -0.896. The van der Waals surface area contributed by atoms with E-state index in [1.807, 2.05) is 55.5 Å². The minimum Gasteiger partial charge on any atom is -0.478 e. The van der Waals surface area contributed by atoms with Crippen LogP contribution in [0.1, 0.15) is 15.9 Å². The Bertz CT molecular complexity index is 774. The van der Waals surface area contributed by atoms with Crippen LogP contribution in [0.5, 0.6) is 0 Å². The quantitative estimate of drug-likeness (QED) is 0.748. The average Bonchev–Trinajstić information content (AvgIpc) is 2.57. The molecule has 0 heterocycles. The van der Waals surface area contributed by atoms with E-state index in [-0.39, 0.29) is 0 Å². The van der Waals surface area contributed by atoms with Gasteiger partial charge in [0.15, 0.2) is 0 Å². The summed E-state index contributed by atoms with van der Waals surface area (Å²) in [6.45, 7) is 2.00. The summed E-state index contributed by atoms with van der Waals surface area (Å²) in [4.78, 5) is 11.7. The van der Waals surface area contributed by atoms with Gasteiger partial charge in [-0.3, -0.25) is 0 Å². The number of carboxylic acid groups (broad SMARTS) is 1. The maximum absolute atomic E-state index is 11.7. The first-order valence-electron chi connectivity index (χ1n) is 7.41. The summed E-state index contributed by atoms with van der Waals surface area (Å²) in [7, 11) is -0.896. The molecule has 2 nitrogen and oxygen atoms in total. The third-order valence-electron chi connectivity index (χ3n) is 3.65. The van der Waals surface area contributed by atoms with Crippen LogP contribution in [0.25, 0.3) is 0 Å². The fourth-order valence-corrected chi connectivity index (χ4v) is 5.13. The molecule has 1 N–H and O–H groups in total. The number of carboxylic acids is 1. The van der Waals surface area contributed by atoms with E-state index in [0.717, 1.165) is 21.5 Å². The molecule has 0 saturated carbocycles. The number of benzene rings is 3. The lowest BCUT2D eigenvalue weighted by Gasteiger charge is -2.21. The molecule has 3 heteroatoms. The summed E-state index contributed by atoms with van der Waals surface area (Å²) in [6, 6.07) is 25.9. The molecule has 0 bridgehead atoms. The Morgan fingerprint density at radius 3 is 1.83 bits per heavy atom. The molecule has 3 rings (SSSR count). The highest BCUT2D eigenvalue weighted by Crippen LogP contribution is 2.34. The van der Waals surface area contributed by atoms with E-state index in [0.29, 0.717) is 5.56 Å². The van der Waals surface area contributed by atoms with Crippen LogP contribution in [-0.2, 0) is 0 Å². The van der Waals surface area contributed by atoms with E-state index in [9.17, 15) is 9.90 Å². The molecule has 0 saturated heterocycles. The number of aryl methyl sites for hydroxylation is 1. The normalized spacial score (nSPS) is 10.7. The maximum atomic E-state index is 11.7. The Labute approximate surface area is 137 Å². The number of rotatable bonds is 4. The second kappa shape index (κ2) is 6.76. The van der Waals surface area contributed by atoms with Gasteiger partial charge in [-0.15, -0.1) is 0 Å². The molecular weight excluding hydrogens is 303 g/mol. The molecule has 0 spiro atoms. The average molecular weight is 320 g/mol. The van der Waals surface area contributed by atoms with Crippen LogP contribution in [0, 0.1) is 6.92 Å². The number of hydrogen-bond donors (Lipinski definition) is 1. The van der Waals surface area contributed by atoms with E-state index in [4.69, 9.17) is 0 Å². The van der Waals surface area contributed by atoms with E-state index < -0.39 is 13.9 Å². The molecule has 114 valence electrons. The highest BCUT2D eigenvalue weighted by atomic mass is 31.1. The fourth-order valence-electron chi connectivity index (χ4n) is 2.59. The molecule has 0 aliphatic carbocycles. The Morgan fingerprint density at radius 1 is 0.826 bits per heavy atom. The second-order valence-electron chi connectivity index (χ2n) is 5.33. The highest BCUT2D eigenvalue weighted by molar-refractivity contribution is 7.80. The molecule has 0 aromatic heterocycles. The van der Waals surface area contributed by atoms with Gasteiger partial charge in [-0.2, -0.15) is 0 Å². The van der Waals surface area contributed by atoms with E-state index in [2.05, 4.69) is 24.3 Å². The standard InChI is InChI=1S/C20H17O2P/c1-15-12-13-18(20(21)22)19(14-15)23(16-8-4-2-5-9-16)17-10-6-3-7-11-17/h2-14H,1H3,(H,21,22). The highest BCUT2D eigenvalue weighted by Gasteiger charge is 2.22. The van der Waals surface area contributed by atoms with Gasteiger partial charge in [-0.05, 0) is 36.8 Å². The third-order valence-corrected chi connectivity index (χ3v) is 6.13. The van der Waals surface area contributed by atoms with Gasteiger partial charge in [-0.25, -0.2) is 4.79 Å². The van der Waals surface area contributed by atoms with Gasteiger partial charge < -0.3 is 5.11 Å². The number of hydrogen-bond acceptors (Lipinski definition) is 1. The van der Waals surface area contributed by atoms with Gasteiger partial charge in [0, 0.05) is 0 Å². The van der Waals surface area contributed by atoms with Crippen molar-refractivity contribution in [3.63, 3.8) is 0 Å². The van der Waals surface area contributed by atoms with Crippen LogP contribution in [0.15, 0.2) is 78.9 Å². The van der Waals surface area contributed by atoms with Crippen molar-refractivity contribution >= 4 is 29.8 Å². The molecule has 0 amide bonds. The van der Waals surface area contributed by atoms with Crippen LogP contribution in [0.4, 0.5) is 0 Å². The second-order valence-corrected chi connectivity index (χ2v) is 7.52. The van der Waals surface area contributed by atoms with Crippen LogP contribution < -0.4 is 15.9 Å². The molecule has 3 aromatic carbocycles. The summed E-state index contributed by atoms with van der Waals surface area (Å²) >= 11 is 0. The van der Waals surface area contributed by atoms with E-state index in [1.54, 1.807) is 6.07 Å². The summed E-state index contributed by atoms with van der Waals surface area (Å²) in [5.41, 5.74) is 1.46. The van der Waals surface area contributed by atoms with Gasteiger partial charge >= 0.3 is 5.97 Å². The minimum absolute atomic E-state index is 0.384. The van der Waals surface area contributed by atoms with Gasteiger partial charge in [0.25, 0.3) is 0 Å². The first-order chi connectivity index (χ1) is 11.2. The van der Waals surface area contributed by atoms with Gasteiger partial charge in [0.1, 0.15) is 0 Å². The Balaban J connectivity index is 2.25. The zero-order chi connectivity index (χ0) is 16.2. The van der Waals surface area contributed by atoms with Crippen LogP contribution in [0.3, 0.4) is 0 Å². The van der Waals surface area contributed by atoms with Crippen molar-refractivity contribution in [2.75, 3.05) is 0 Å².